The zero-order valence-corrected chi connectivity index (χ0v) is 22.7. The number of carboxylic acid groups (broad SMARTS) is 1. The lowest BCUT2D eigenvalue weighted by atomic mass is 9.80. The van der Waals surface area contributed by atoms with Gasteiger partial charge in [0.15, 0.2) is 16.6 Å². The molecule has 1 atom stereocenters. The number of anilines is 1. The SMILES string of the molecule is COc1cc2c3cc1Oc1ccc(C(=O)O)c(c1)OC/C=C\CCc1csc(n1)NC(=O)CC[C@@]3(C)NCC2. The number of hydrogen-bond acceptors (Lipinski definition) is 8. The Morgan fingerprint density at radius 2 is 2.03 bits per heavy atom. The molecule has 3 heterocycles. The number of nitrogens with one attached hydrogen (secondary N) is 2. The van der Waals surface area contributed by atoms with Gasteiger partial charge in [-0.1, -0.05) is 12.2 Å². The van der Waals surface area contributed by atoms with E-state index in [1.165, 1.54) is 17.4 Å². The highest BCUT2D eigenvalue weighted by Crippen LogP contribution is 2.42. The molecule has 10 heteroatoms. The molecule has 0 fully saturated rings. The average molecular weight is 550 g/mol. The maximum Gasteiger partial charge on any atom is 0.339 e. The second kappa shape index (κ2) is 11.5. The predicted octanol–water partition coefficient (Wildman–Crippen LogP) is 5.30. The summed E-state index contributed by atoms with van der Waals surface area (Å²) in [7, 11) is 1.59. The number of allylic oxidation sites excluding steroid dienone is 1. The highest BCUT2D eigenvalue weighted by Gasteiger charge is 2.33. The van der Waals surface area contributed by atoms with Crippen LogP contribution in [0, 0.1) is 0 Å². The van der Waals surface area contributed by atoms with Crippen LogP contribution in [0.3, 0.4) is 0 Å². The Bertz CT molecular complexity index is 1420. The zero-order chi connectivity index (χ0) is 27.4. The molecule has 0 saturated heterocycles. The van der Waals surface area contributed by atoms with E-state index in [2.05, 4.69) is 22.5 Å². The van der Waals surface area contributed by atoms with Gasteiger partial charge in [0.25, 0.3) is 0 Å². The zero-order valence-electron chi connectivity index (χ0n) is 21.9. The first-order valence-electron chi connectivity index (χ1n) is 12.9. The van der Waals surface area contributed by atoms with Gasteiger partial charge in [-0.25, -0.2) is 9.78 Å². The molecule has 5 rings (SSSR count). The van der Waals surface area contributed by atoms with Gasteiger partial charge in [-0.05, 0) is 68.0 Å². The number of benzene rings is 2. The van der Waals surface area contributed by atoms with Gasteiger partial charge in [0.1, 0.15) is 23.7 Å². The molecule has 2 aliphatic heterocycles. The Morgan fingerprint density at radius 3 is 2.85 bits per heavy atom. The number of nitrogens with zero attached hydrogens (tertiary/aromatic N) is 1. The molecule has 2 aromatic carbocycles. The van der Waals surface area contributed by atoms with Crippen molar-refractivity contribution in [2.75, 3.05) is 25.6 Å². The average Bonchev–Trinajstić information content (AvgIpc) is 3.36. The molecular weight excluding hydrogens is 518 g/mol. The van der Waals surface area contributed by atoms with Crippen LogP contribution in [0.5, 0.6) is 23.0 Å². The minimum Gasteiger partial charge on any atom is -0.493 e. The molecule has 2 aliphatic rings. The van der Waals surface area contributed by atoms with E-state index in [9.17, 15) is 14.7 Å². The van der Waals surface area contributed by atoms with Crippen LogP contribution in [0.15, 0.2) is 47.9 Å². The maximum absolute atomic E-state index is 12.8. The fourth-order valence-corrected chi connectivity index (χ4v) is 5.68. The fourth-order valence-electron chi connectivity index (χ4n) is 4.92. The van der Waals surface area contributed by atoms with Crippen LogP contribution in [0.1, 0.15) is 53.4 Å². The molecule has 1 amide bonds. The smallest absolute Gasteiger partial charge is 0.339 e. The van der Waals surface area contributed by atoms with Crippen LogP contribution in [-0.2, 0) is 23.2 Å². The van der Waals surface area contributed by atoms with Crippen LogP contribution in [0.2, 0.25) is 0 Å². The number of aromatic carboxylic acids is 1. The molecule has 3 aromatic rings. The number of carbonyl (C=O) groups excluding carboxylic acids is 1. The largest absolute Gasteiger partial charge is 0.493 e. The van der Waals surface area contributed by atoms with E-state index in [-0.39, 0.29) is 23.8 Å². The maximum atomic E-state index is 12.8. The summed E-state index contributed by atoms with van der Waals surface area (Å²) in [5.74, 6) is 0.540. The third-order valence-corrected chi connectivity index (χ3v) is 7.83. The van der Waals surface area contributed by atoms with Crippen molar-refractivity contribution < 1.29 is 28.9 Å². The lowest BCUT2D eigenvalue weighted by Gasteiger charge is -2.38. The molecule has 9 nitrogen and oxygen atoms in total. The molecule has 1 aromatic heterocycles. The van der Waals surface area contributed by atoms with E-state index in [1.807, 2.05) is 29.7 Å². The summed E-state index contributed by atoms with van der Waals surface area (Å²) in [6, 6.07) is 8.58. The lowest BCUT2D eigenvalue weighted by Crippen LogP contribution is -2.45. The Kier molecular flexibility index (Phi) is 7.85. The monoisotopic (exact) mass is 549 g/mol. The van der Waals surface area contributed by atoms with Gasteiger partial charge in [0, 0.05) is 30.0 Å². The molecule has 0 unspecified atom stereocenters. The Labute approximate surface area is 230 Å². The summed E-state index contributed by atoms with van der Waals surface area (Å²) in [6.07, 6.45) is 6.97. The molecule has 0 aliphatic carbocycles. The number of amides is 1. The number of aryl methyl sites for hydroxylation is 1. The first kappa shape index (κ1) is 26.7. The van der Waals surface area contributed by atoms with Gasteiger partial charge >= 0.3 is 5.97 Å². The highest BCUT2D eigenvalue weighted by atomic mass is 32.1. The molecule has 0 saturated carbocycles. The minimum absolute atomic E-state index is 0.0514. The summed E-state index contributed by atoms with van der Waals surface area (Å²) < 4.78 is 17.7. The number of hydrogen-bond donors (Lipinski definition) is 3. The fraction of sp³-hybridized carbons (Fsp3) is 0.345. The summed E-state index contributed by atoms with van der Waals surface area (Å²) in [6.45, 7) is 3.07. The second-order valence-electron chi connectivity index (χ2n) is 9.75. The molecule has 6 bridgehead atoms. The van der Waals surface area contributed by atoms with Crippen molar-refractivity contribution in [3.05, 3.63) is 70.2 Å². The molecule has 204 valence electrons. The third-order valence-electron chi connectivity index (χ3n) is 7.02. The third kappa shape index (κ3) is 6.07. The number of ether oxygens (including phenoxy) is 3. The number of methoxy groups -OCH3 is 1. The van der Waals surface area contributed by atoms with Crippen molar-refractivity contribution >= 4 is 28.3 Å². The number of carbonyl (C=O) groups is 2. The van der Waals surface area contributed by atoms with Crippen molar-refractivity contribution in [1.29, 1.82) is 0 Å². The Morgan fingerprint density at radius 1 is 1.15 bits per heavy atom. The molecular formula is C29H31N3O6S. The second-order valence-corrected chi connectivity index (χ2v) is 10.6. The van der Waals surface area contributed by atoms with Gasteiger partial charge in [-0.2, -0.15) is 0 Å². The van der Waals surface area contributed by atoms with E-state index < -0.39 is 11.5 Å². The van der Waals surface area contributed by atoms with Crippen molar-refractivity contribution in [2.24, 2.45) is 0 Å². The van der Waals surface area contributed by atoms with Gasteiger partial charge in [-0.15, -0.1) is 11.3 Å². The number of thiazole rings is 1. The van der Waals surface area contributed by atoms with Crippen LogP contribution in [0.25, 0.3) is 0 Å². The number of aromatic nitrogens is 1. The number of rotatable bonds is 2. The van der Waals surface area contributed by atoms with Gasteiger partial charge in [0.05, 0.1) is 12.8 Å². The van der Waals surface area contributed by atoms with E-state index in [0.717, 1.165) is 42.6 Å². The minimum atomic E-state index is -1.08. The normalized spacial score (nSPS) is 20.4. The van der Waals surface area contributed by atoms with Gasteiger partial charge in [0.2, 0.25) is 5.91 Å². The summed E-state index contributed by atoms with van der Waals surface area (Å²) in [5.41, 5.74) is 2.65. The van der Waals surface area contributed by atoms with E-state index in [0.29, 0.717) is 35.2 Å². The molecule has 3 N–H and O–H groups in total. The number of fused-ring (bicyclic) bond motifs is 5. The number of carboxylic acids is 1. The van der Waals surface area contributed by atoms with Gasteiger partial charge < -0.3 is 30.0 Å². The molecule has 0 spiro atoms. The standard InChI is InChI=1S/C29H31N3O6S/c1-29-11-9-26(33)32-28-31-19(17-39-28)6-4-3-5-13-37-23-15-20(7-8-21(23)27(34)35)38-25-16-22(29)18(10-12-30-29)14-24(25)36-2/h3,5,7-8,14-17,30H,4,6,9-13H2,1-2H3,(H,34,35)(H,31,32,33)/b5-3-/t29-/m1/s1. The van der Waals surface area contributed by atoms with Crippen molar-refractivity contribution in [3.63, 3.8) is 0 Å². The lowest BCUT2D eigenvalue weighted by molar-refractivity contribution is -0.116. The van der Waals surface area contributed by atoms with E-state index in [4.69, 9.17) is 14.2 Å². The predicted molar refractivity (Wildman–Crippen MR) is 148 cm³/mol. The quantitative estimate of drug-likeness (QED) is 0.369. The molecule has 39 heavy (non-hydrogen) atoms. The van der Waals surface area contributed by atoms with Crippen LogP contribution < -0.4 is 24.8 Å². The topological polar surface area (TPSA) is 119 Å². The first-order valence-corrected chi connectivity index (χ1v) is 13.8. The van der Waals surface area contributed by atoms with Crippen LogP contribution in [-0.4, -0.2) is 42.2 Å². The van der Waals surface area contributed by atoms with E-state index >= 15 is 0 Å². The molecule has 0 radical (unpaired) electrons. The van der Waals surface area contributed by atoms with Crippen molar-refractivity contribution in [2.45, 2.75) is 44.6 Å². The van der Waals surface area contributed by atoms with Crippen molar-refractivity contribution in [1.82, 2.24) is 10.3 Å². The summed E-state index contributed by atoms with van der Waals surface area (Å²) in [4.78, 5) is 29.2. The van der Waals surface area contributed by atoms with E-state index in [1.54, 1.807) is 19.2 Å². The van der Waals surface area contributed by atoms with Gasteiger partial charge in [-0.3, -0.25) is 4.79 Å². The van der Waals surface area contributed by atoms with Crippen molar-refractivity contribution in [3.8, 4) is 23.0 Å². The summed E-state index contributed by atoms with van der Waals surface area (Å²) in [5, 5.41) is 18.7. The summed E-state index contributed by atoms with van der Waals surface area (Å²) >= 11 is 1.42. The highest BCUT2D eigenvalue weighted by molar-refractivity contribution is 7.13. The van der Waals surface area contributed by atoms with Crippen LogP contribution >= 0.6 is 11.3 Å². The first-order chi connectivity index (χ1) is 18.8. The Hall–Kier alpha value is -3.89. The van der Waals surface area contributed by atoms with Crippen LogP contribution in [0.4, 0.5) is 5.13 Å². The Balaban J connectivity index is 1.52.